The fourth-order valence-corrected chi connectivity index (χ4v) is 2.61. The molecule has 0 saturated carbocycles. The SMILES string of the molecule is COc1ccc2c(C(=O)N(C)Cc3ccccc3F)cc(=O)oc2c1. The Bertz CT molecular complexity index is 996. The molecule has 0 unspecified atom stereocenters. The number of halogens is 1. The lowest BCUT2D eigenvalue weighted by Crippen LogP contribution is -2.27. The van der Waals surface area contributed by atoms with E-state index in [-0.39, 0.29) is 23.5 Å². The maximum absolute atomic E-state index is 13.8. The zero-order chi connectivity index (χ0) is 18.0. The molecule has 0 atom stereocenters. The van der Waals surface area contributed by atoms with Crippen LogP contribution in [0.1, 0.15) is 15.9 Å². The zero-order valence-electron chi connectivity index (χ0n) is 13.8. The lowest BCUT2D eigenvalue weighted by Gasteiger charge is -2.18. The Morgan fingerprint density at radius 1 is 1.20 bits per heavy atom. The second kappa shape index (κ2) is 6.76. The number of amides is 1. The summed E-state index contributed by atoms with van der Waals surface area (Å²) in [6, 6.07) is 12.3. The predicted octanol–water partition coefficient (Wildman–Crippen LogP) is 3.21. The first kappa shape index (κ1) is 16.7. The van der Waals surface area contributed by atoms with Gasteiger partial charge in [-0.2, -0.15) is 0 Å². The van der Waals surface area contributed by atoms with Gasteiger partial charge in [-0.15, -0.1) is 0 Å². The van der Waals surface area contributed by atoms with Gasteiger partial charge < -0.3 is 14.1 Å². The Morgan fingerprint density at radius 3 is 2.68 bits per heavy atom. The number of carbonyl (C=O) groups excluding carboxylic acids is 1. The lowest BCUT2D eigenvalue weighted by molar-refractivity contribution is 0.0785. The van der Waals surface area contributed by atoms with Crippen molar-refractivity contribution < 1.29 is 18.3 Å². The van der Waals surface area contributed by atoms with Gasteiger partial charge in [0.2, 0.25) is 0 Å². The maximum Gasteiger partial charge on any atom is 0.337 e. The summed E-state index contributed by atoms with van der Waals surface area (Å²) in [7, 11) is 3.05. The predicted molar refractivity (Wildman–Crippen MR) is 91.2 cm³/mol. The van der Waals surface area contributed by atoms with Crippen molar-refractivity contribution in [2.75, 3.05) is 14.2 Å². The second-order valence-corrected chi connectivity index (χ2v) is 5.59. The van der Waals surface area contributed by atoms with E-state index in [0.717, 1.165) is 6.07 Å². The van der Waals surface area contributed by atoms with E-state index in [2.05, 4.69) is 0 Å². The van der Waals surface area contributed by atoms with E-state index in [1.54, 1.807) is 43.4 Å². The van der Waals surface area contributed by atoms with Crippen LogP contribution in [0.25, 0.3) is 11.0 Å². The fraction of sp³-hybridized carbons (Fsp3) is 0.158. The number of fused-ring (bicyclic) bond motifs is 1. The molecule has 2 aromatic carbocycles. The molecule has 0 radical (unpaired) electrons. The summed E-state index contributed by atoms with van der Waals surface area (Å²) < 4.78 is 24.0. The van der Waals surface area contributed by atoms with Crippen molar-refractivity contribution >= 4 is 16.9 Å². The largest absolute Gasteiger partial charge is 0.497 e. The highest BCUT2D eigenvalue weighted by Crippen LogP contribution is 2.23. The molecule has 25 heavy (non-hydrogen) atoms. The van der Waals surface area contributed by atoms with E-state index in [1.165, 1.54) is 18.1 Å². The highest BCUT2D eigenvalue weighted by molar-refractivity contribution is 6.05. The van der Waals surface area contributed by atoms with Crippen LogP contribution in [0.3, 0.4) is 0 Å². The summed E-state index contributed by atoms with van der Waals surface area (Å²) in [6.45, 7) is 0.0867. The van der Waals surface area contributed by atoms with E-state index < -0.39 is 11.5 Å². The van der Waals surface area contributed by atoms with Crippen LogP contribution in [0.2, 0.25) is 0 Å². The van der Waals surface area contributed by atoms with Crippen LogP contribution < -0.4 is 10.4 Å². The summed E-state index contributed by atoms with van der Waals surface area (Å²) in [4.78, 5) is 25.9. The van der Waals surface area contributed by atoms with Crippen LogP contribution in [0.5, 0.6) is 5.75 Å². The number of benzene rings is 2. The molecule has 5 nitrogen and oxygen atoms in total. The third-order valence-corrected chi connectivity index (χ3v) is 3.89. The summed E-state index contributed by atoms with van der Waals surface area (Å²) in [5, 5.41) is 0.491. The van der Waals surface area contributed by atoms with Gasteiger partial charge in [0.25, 0.3) is 5.91 Å². The fourth-order valence-electron chi connectivity index (χ4n) is 2.61. The van der Waals surface area contributed by atoms with Crippen molar-refractivity contribution in [3.8, 4) is 5.75 Å². The van der Waals surface area contributed by atoms with E-state index in [4.69, 9.17) is 9.15 Å². The van der Waals surface area contributed by atoms with E-state index in [1.807, 2.05) is 0 Å². The minimum atomic E-state index is -0.636. The standard InChI is InChI=1S/C19H16FNO4/c1-21(11-12-5-3-4-6-16(12)20)19(23)15-10-18(22)25-17-9-13(24-2)7-8-14(15)17/h3-10H,11H2,1-2H3. The normalized spacial score (nSPS) is 10.7. The lowest BCUT2D eigenvalue weighted by atomic mass is 10.1. The molecule has 0 N–H and O–H groups in total. The van der Waals surface area contributed by atoms with Crippen LogP contribution in [-0.4, -0.2) is 25.0 Å². The van der Waals surface area contributed by atoms with Gasteiger partial charge in [-0.3, -0.25) is 4.79 Å². The van der Waals surface area contributed by atoms with Gasteiger partial charge >= 0.3 is 5.63 Å². The summed E-state index contributed by atoms with van der Waals surface area (Å²) in [5.74, 6) is -0.268. The first-order valence-corrected chi connectivity index (χ1v) is 7.60. The van der Waals surface area contributed by atoms with Gasteiger partial charge in [0.15, 0.2) is 0 Å². The molecule has 0 saturated heterocycles. The first-order valence-electron chi connectivity index (χ1n) is 7.60. The number of hydrogen-bond acceptors (Lipinski definition) is 4. The molecule has 0 spiro atoms. The number of rotatable bonds is 4. The number of methoxy groups -OCH3 is 1. The molecular weight excluding hydrogens is 325 g/mol. The minimum absolute atomic E-state index is 0.0867. The summed E-state index contributed by atoms with van der Waals surface area (Å²) in [5.41, 5.74) is 0.220. The highest BCUT2D eigenvalue weighted by Gasteiger charge is 2.18. The van der Waals surface area contributed by atoms with Gasteiger partial charge in [0.1, 0.15) is 17.1 Å². The van der Waals surface area contributed by atoms with Crippen molar-refractivity contribution in [1.29, 1.82) is 0 Å². The first-order chi connectivity index (χ1) is 12.0. The van der Waals surface area contributed by atoms with Gasteiger partial charge in [-0.05, 0) is 18.2 Å². The number of nitrogens with zero attached hydrogens (tertiary/aromatic N) is 1. The van der Waals surface area contributed by atoms with Crippen LogP contribution in [-0.2, 0) is 6.54 Å². The minimum Gasteiger partial charge on any atom is -0.497 e. The van der Waals surface area contributed by atoms with Crippen LogP contribution in [0.15, 0.2) is 57.7 Å². The van der Waals surface area contributed by atoms with Crippen molar-refractivity contribution in [3.05, 3.63) is 75.9 Å². The monoisotopic (exact) mass is 341 g/mol. The molecule has 1 aromatic heterocycles. The molecule has 0 fully saturated rings. The zero-order valence-corrected chi connectivity index (χ0v) is 13.8. The maximum atomic E-state index is 13.8. The van der Waals surface area contributed by atoms with Crippen molar-refractivity contribution in [1.82, 2.24) is 4.90 Å². The molecule has 0 aliphatic carbocycles. The Kier molecular flexibility index (Phi) is 4.52. The van der Waals surface area contributed by atoms with Crippen LogP contribution in [0, 0.1) is 5.82 Å². The quantitative estimate of drug-likeness (QED) is 0.684. The molecule has 0 aliphatic heterocycles. The van der Waals surface area contributed by atoms with Crippen LogP contribution >= 0.6 is 0 Å². The Labute approximate surface area is 143 Å². The number of carbonyl (C=O) groups is 1. The Morgan fingerprint density at radius 2 is 1.96 bits per heavy atom. The Hall–Kier alpha value is -3.15. The third-order valence-electron chi connectivity index (χ3n) is 3.89. The van der Waals surface area contributed by atoms with Gasteiger partial charge in [0, 0.05) is 36.7 Å². The molecule has 6 heteroatoms. The summed E-state index contributed by atoms with van der Waals surface area (Å²) >= 11 is 0. The molecule has 1 heterocycles. The number of ether oxygens (including phenoxy) is 1. The average Bonchev–Trinajstić information content (AvgIpc) is 2.61. The molecular formula is C19H16FNO4. The molecule has 128 valence electrons. The molecule has 3 aromatic rings. The smallest absolute Gasteiger partial charge is 0.337 e. The molecule has 1 amide bonds. The van der Waals surface area contributed by atoms with Crippen LogP contribution in [0.4, 0.5) is 4.39 Å². The average molecular weight is 341 g/mol. The second-order valence-electron chi connectivity index (χ2n) is 5.59. The molecule has 3 rings (SSSR count). The topological polar surface area (TPSA) is 59.8 Å². The third kappa shape index (κ3) is 3.38. The summed E-state index contributed by atoms with van der Waals surface area (Å²) in [6.07, 6.45) is 0. The Balaban J connectivity index is 1.99. The van der Waals surface area contributed by atoms with Crippen molar-refractivity contribution in [3.63, 3.8) is 0 Å². The molecule has 0 aliphatic rings. The van der Waals surface area contributed by atoms with Crippen molar-refractivity contribution in [2.24, 2.45) is 0 Å². The highest BCUT2D eigenvalue weighted by atomic mass is 19.1. The van der Waals surface area contributed by atoms with E-state index >= 15 is 0 Å². The van der Waals surface area contributed by atoms with Crippen molar-refractivity contribution in [2.45, 2.75) is 6.54 Å². The number of hydrogen-bond donors (Lipinski definition) is 0. The van der Waals surface area contributed by atoms with E-state index in [0.29, 0.717) is 16.7 Å². The van der Waals surface area contributed by atoms with E-state index in [9.17, 15) is 14.0 Å². The van der Waals surface area contributed by atoms with Gasteiger partial charge in [0.05, 0.1) is 12.7 Å². The van der Waals surface area contributed by atoms with Gasteiger partial charge in [-0.25, -0.2) is 9.18 Å². The molecule has 0 bridgehead atoms. The van der Waals surface area contributed by atoms with Gasteiger partial charge in [-0.1, -0.05) is 18.2 Å².